The van der Waals surface area contributed by atoms with Gasteiger partial charge in [0, 0.05) is 6.07 Å². The van der Waals surface area contributed by atoms with E-state index in [4.69, 9.17) is 8.92 Å². The largest absolute Gasteiger partial charge is 0.495 e. The van der Waals surface area contributed by atoms with Crippen LogP contribution in [0.15, 0.2) is 47.4 Å². The molecule has 0 atom stereocenters. The van der Waals surface area contributed by atoms with Gasteiger partial charge in [-0.1, -0.05) is 26.0 Å². The summed E-state index contributed by atoms with van der Waals surface area (Å²) < 4.78 is 35.0. The van der Waals surface area contributed by atoms with Crippen LogP contribution in [0.2, 0.25) is 0 Å². The Kier molecular flexibility index (Phi) is 5.08. The van der Waals surface area contributed by atoms with Crippen molar-refractivity contribution in [2.24, 2.45) is 0 Å². The average Bonchev–Trinajstić information content (AvgIpc) is 2.53. The van der Waals surface area contributed by atoms with Gasteiger partial charge in [0.15, 0.2) is 0 Å². The Balaban J connectivity index is 2.40. The van der Waals surface area contributed by atoms with E-state index in [2.05, 4.69) is 0 Å². The van der Waals surface area contributed by atoms with E-state index in [0.717, 1.165) is 23.8 Å². The Morgan fingerprint density at radius 3 is 2.42 bits per heavy atom. The molecule has 24 heavy (non-hydrogen) atoms. The third kappa shape index (κ3) is 3.83. The van der Waals surface area contributed by atoms with Crippen LogP contribution in [0.25, 0.3) is 0 Å². The zero-order chi connectivity index (χ0) is 17.9. The molecule has 2 rings (SSSR count). The van der Waals surface area contributed by atoms with Gasteiger partial charge in [0.1, 0.15) is 16.4 Å². The minimum Gasteiger partial charge on any atom is -0.495 e. The lowest BCUT2D eigenvalue weighted by Crippen LogP contribution is -2.11. The molecule has 0 aromatic heterocycles. The van der Waals surface area contributed by atoms with Crippen LogP contribution in [0, 0.1) is 10.1 Å². The fraction of sp³-hybridized carbons (Fsp3) is 0.250. The maximum atomic E-state index is 12.5. The first-order valence-electron chi connectivity index (χ1n) is 7.11. The van der Waals surface area contributed by atoms with Gasteiger partial charge in [0.2, 0.25) is 0 Å². The van der Waals surface area contributed by atoms with Crippen LogP contribution in [0.1, 0.15) is 25.3 Å². The van der Waals surface area contributed by atoms with E-state index >= 15 is 0 Å². The Morgan fingerprint density at radius 2 is 1.83 bits per heavy atom. The van der Waals surface area contributed by atoms with Crippen LogP contribution in [0.4, 0.5) is 5.69 Å². The summed E-state index contributed by atoms with van der Waals surface area (Å²) in [5.74, 6) is 0.232. The van der Waals surface area contributed by atoms with Crippen molar-refractivity contribution < 1.29 is 22.3 Å². The molecule has 128 valence electrons. The highest BCUT2D eigenvalue weighted by molar-refractivity contribution is 7.87. The molecule has 2 aromatic carbocycles. The fourth-order valence-corrected chi connectivity index (χ4v) is 3.14. The van der Waals surface area contributed by atoms with E-state index in [1.807, 2.05) is 19.9 Å². The zero-order valence-electron chi connectivity index (χ0n) is 13.4. The molecule has 0 aliphatic heterocycles. The Morgan fingerprint density at radius 1 is 1.12 bits per heavy atom. The number of hydrogen-bond donors (Lipinski definition) is 0. The van der Waals surface area contributed by atoms with Gasteiger partial charge in [-0.25, -0.2) is 0 Å². The van der Waals surface area contributed by atoms with E-state index in [-0.39, 0.29) is 28.0 Å². The van der Waals surface area contributed by atoms with Crippen molar-refractivity contribution in [1.82, 2.24) is 0 Å². The van der Waals surface area contributed by atoms with E-state index in [9.17, 15) is 18.5 Å². The van der Waals surface area contributed by atoms with Crippen molar-refractivity contribution in [3.05, 3.63) is 58.1 Å². The Hall–Kier alpha value is -2.61. The van der Waals surface area contributed by atoms with Crippen LogP contribution >= 0.6 is 0 Å². The van der Waals surface area contributed by atoms with Gasteiger partial charge in [0.05, 0.1) is 18.1 Å². The van der Waals surface area contributed by atoms with Gasteiger partial charge < -0.3 is 8.92 Å². The van der Waals surface area contributed by atoms with Crippen LogP contribution in [0.5, 0.6) is 11.5 Å². The highest BCUT2D eigenvalue weighted by Gasteiger charge is 2.24. The molecule has 0 amide bonds. The first-order valence-corrected chi connectivity index (χ1v) is 8.52. The second-order valence-electron chi connectivity index (χ2n) is 5.36. The van der Waals surface area contributed by atoms with Gasteiger partial charge in [-0.3, -0.25) is 10.1 Å². The lowest BCUT2D eigenvalue weighted by molar-refractivity contribution is -0.385. The van der Waals surface area contributed by atoms with E-state index in [1.54, 1.807) is 12.1 Å². The van der Waals surface area contributed by atoms with Crippen molar-refractivity contribution in [2.75, 3.05) is 7.11 Å². The number of non-ortho nitro benzene ring substituents is 1. The normalized spacial score (nSPS) is 11.3. The lowest BCUT2D eigenvalue weighted by atomic mass is 10.0. The lowest BCUT2D eigenvalue weighted by Gasteiger charge is -2.12. The van der Waals surface area contributed by atoms with Crippen LogP contribution in [0.3, 0.4) is 0 Å². The molecule has 0 spiro atoms. The van der Waals surface area contributed by atoms with Crippen LogP contribution in [-0.4, -0.2) is 20.5 Å². The summed E-state index contributed by atoms with van der Waals surface area (Å²) in [7, 11) is -2.96. The van der Waals surface area contributed by atoms with Crippen LogP contribution in [-0.2, 0) is 10.1 Å². The summed E-state index contributed by atoms with van der Waals surface area (Å²) in [4.78, 5) is 9.89. The first-order chi connectivity index (χ1) is 11.2. The number of nitro groups is 1. The predicted molar refractivity (Wildman–Crippen MR) is 88.0 cm³/mol. The summed E-state index contributed by atoms with van der Waals surface area (Å²) >= 11 is 0. The third-order valence-corrected chi connectivity index (χ3v) is 4.65. The van der Waals surface area contributed by atoms with Crippen LogP contribution < -0.4 is 8.92 Å². The molecular weight excluding hydrogens is 334 g/mol. The fourth-order valence-electron chi connectivity index (χ4n) is 2.07. The molecule has 0 bridgehead atoms. The molecule has 0 heterocycles. The maximum Gasteiger partial charge on any atom is 0.342 e. The van der Waals surface area contributed by atoms with E-state index < -0.39 is 15.0 Å². The number of nitro benzene ring substituents is 1. The Labute approximate surface area is 140 Å². The summed E-state index contributed by atoms with van der Waals surface area (Å²) in [6, 6.07) is 9.97. The van der Waals surface area contributed by atoms with E-state index in [0.29, 0.717) is 0 Å². The van der Waals surface area contributed by atoms with Gasteiger partial charge in [-0.05, 0) is 29.7 Å². The number of rotatable bonds is 6. The topological polar surface area (TPSA) is 95.7 Å². The summed E-state index contributed by atoms with van der Waals surface area (Å²) in [6.07, 6.45) is 0. The average molecular weight is 351 g/mol. The number of methoxy groups -OCH3 is 1. The second kappa shape index (κ2) is 6.88. The minimum absolute atomic E-state index is 0.149. The standard InChI is InChI=1S/C16H17NO6S/c1-11(2)12-5-4-6-14(9-12)23-24(20,21)16-8-7-13(17(18)19)10-15(16)22-3/h4-11H,1-3H3. The monoisotopic (exact) mass is 351 g/mol. The predicted octanol–water partition coefficient (Wildman–Crippen LogP) is 3.49. The quantitative estimate of drug-likeness (QED) is 0.449. The SMILES string of the molecule is COc1cc([N+](=O)[O-])ccc1S(=O)(=O)Oc1cccc(C(C)C)c1. The van der Waals surface area contributed by atoms with Crippen molar-refractivity contribution in [2.45, 2.75) is 24.7 Å². The third-order valence-electron chi connectivity index (χ3n) is 3.36. The molecule has 0 radical (unpaired) electrons. The zero-order valence-corrected chi connectivity index (χ0v) is 14.2. The number of ether oxygens (including phenoxy) is 1. The van der Waals surface area contributed by atoms with Gasteiger partial charge in [-0.2, -0.15) is 8.42 Å². The molecule has 0 N–H and O–H groups in total. The highest BCUT2D eigenvalue weighted by Crippen LogP contribution is 2.31. The molecule has 0 aliphatic carbocycles. The number of hydrogen-bond acceptors (Lipinski definition) is 6. The second-order valence-corrected chi connectivity index (χ2v) is 6.87. The number of nitrogens with zero attached hydrogens (tertiary/aromatic N) is 1. The molecule has 7 nitrogen and oxygen atoms in total. The smallest absolute Gasteiger partial charge is 0.342 e. The van der Waals surface area contributed by atoms with Crippen molar-refractivity contribution in [3.63, 3.8) is 0 Å². The van der Waals surface area contributed by atoms with Crippen molar-refractivity contribution >= 4 is 15.8 Å². The molecule has 2 aromatic rings. The minimum atomic E-state index is -4.19. The van der Waals surface area contributed by atoms with Crippen molar-refractivity contribution in [1.29, 1.82) is 0 Å². The summed E-state index contributed by atoms with van der Waals surface area (Å²) in [5.41, 5.74) is 0.658. The van der Waals surface area contributed by atoms with Crippen molar-refractivity contribution in [3.8, 4) is 11.5 Å². The molecule has 0 saturated heterocycles. The highest BCUT2D eigenvalue weighted by atomic mass is 32.2. The summed E-state index contributed by atoms with van der Waals surface area (Å²) in [5, 5.41) is 10.8. The molecule has 8 heteroatoms. The Bertz CT molecular complexity index is 861. The van der Waals surface area contributed by atoms with Gasteiger partial charge >= 0.3 is 10.1 Å². The van der Waals surface area contributed by atoms with Gasteiger partial charge in [-0.15, -0.1) is 0 Å². The number of benzene rings is 2. The molecule has 0 saturated carbocycles. The molecule has 0 unspecified atom stereocenters. The molecule has 0 aliphatic rings. The maximum absolute atomic E-state index is 12.5. The summed E-state index contributed by atoms with van der Waals surface area (Å²) in [6.45, 7) is 3.96. The van der Waals surface area contributed by atoms with E-state index in [1.165, 1.54) is 13.2 Å². The first kappa shape index (κ1) is 17.7. The molecular formula is C16H17NO6S. The molecule has 0 fully saturated rings. The van der Waals surface area contributed by atoms with Gasteiger partial charge in [0.25, 0.3) is 5.69 Å².